The Kier molecular flexibility index (Phi) is 6.18. The number of rotatable bonds is 7. The van der Waals surface area contributed by atoms with Crippen molar-refractivity contribution in [1.82, 2.24) is 10.2 Å². The number of amides is 2. The van der Waals surface area contributed by atoms with Crippen LogP contribution in [0.2, 0.25) is 0 Å². The molecule has 0 saturated carbocycles. The lowest BCUT2D eigenvalue weighted by Gasteiger charge is -2.18. The molecular weight excluding hydrogens is 342 g/mol. The smallest absolute Gasteiger partial charge is 0.238 e. The highest BCUT2D eigenvalue weighted by molar-refractivity contribution is 7.89. The summed E-state index contributed by atoms with van der Waals surface area (Å²) in [6.07, 6.45) is 1.69. The number of hydrogen-bond acceptors (Lipinski definition) is 4. The third-order valence-corrected chi connectivity index (χ3v) is 5.44. The number of nitrogens with zero attached hydrogens (tertiary/aromatic N) is 1. The summed E-state index contributed by atoms with van der Waals surface area (Å²) in [7, 11) is -3.70. The molecule has 1 aliphatic rings. The molecule has 1 saturated heterocycles. The zero-order valence-corrected chi connectivity index (χ0v) is 15.4. The van der Waals surface area contributed by atoms with Gasteiger partial charge in [0, 0.05) is 25.6 Å². The minimum absolute atomic E-state index is 0.0227. The van der Waals surface area contributed by atoms with E-state index >= 15 is 0 Å². The van der Waals surface area contributed by atoms with Crippen molar-refractivity contribution in [3.63, 3.8) is 0 Å². The van der Waals surface area contributed by atoms with Gasteiger partial charge >= 0.3 is 0 Å². The van der Waals surface area contributed by atoms with Gasteiger partial charge in [0.15, 0.2) is 0 Å². The Labute approximate surface area is 148 Å². The lowest BCUT2D eigenvalue weighted by molar-refractivity contribution is -0.129. The van der Waals surface area contributed by atoms with Crippen molar-refractivity contribution in [3.05, 3.63) is 29.8 Å². The molecule has 0 aliphatic carbocycles. The van der Waals surface area contributed by atoms with E-state index in [0.29, 0.717) is 19.5 Å². The summed E-state index contributed by atoms with van der Waals surface area (Å²) in [5.41, 5.74) is 0.910. The van der Waals surface area contributed by atoms with Crippen molar-refractivity contribution in [2.75, 3.05) is 13.1 Å². The fourth-order valence-corrected chi connectivity index (χ4v) is 3.25. The predicted octanol–water partition coefficient (Wildman–Crippen LogP) is 0.640. The van der Waals surface area contributed by atoms with Crippen LogP contribution in [0.5, 0.6) is 0 Å². The van der Waals surface area contributed by atoms with E-state index in [-0.39, 0.29) is 35.1 Å². The predicted molar refractivity (Wildman–Crippen MR) is 94.1 cm³/mol. The quantitative estimate of drug-likeness (QED) is 0.737. The minimum Gasteiger partial charge on any atom is -0.353 e. The van der Waals surface area contributed by atoms with Gasteiger partial charge in [0.25, 0.3) is 0 Å². The van der Waals surface area contributed by atoms with Crippen LogP contribution < -0.4 is 10.5 Å². The average Bonchev–Trinajstić information content (AvgIpc) is 2.93. The van der Waals surface area contributed by atoms with Gasteiger partial charge < -0.3 is 10.2 Å². The maximum atomic E-state index is 12.2. The number of primary sulfonamides is 1. The van der Waals surface area contributed by atoms with E-state index < -0.39 is 10.0 Å². The summed E-state index contributed by atoms with van der Waals surface area (Å²) in [4.78, 5) is 26.0. The molecule has 25 heavy (non-hydrogen) atoms. The Morgan fingerprint density at radius 1 is 1.36 bits per heavy atom. The molecule has 1 aliphatic heterocycles. The molecule has 1 aromatic rings. The molecule has 1 heterocycles. The number of nitrogens with one attached hydrogen (secondary N) is 1. The van der Waals surface area contributed by atoms with Gasteiger partial charge in [-0.25, -0.2) is 13.6 Å². The molecule has 1 aromatic carbocycles. The Morgan fingerprint density at radius 3 is 2.56 bits per heavy atom. The number of likely N-dealkylation sites (tertiary alicyclic amines) is 1. The molecule has 3 N–H and O–H groups in total. The largest absolute Gasteiger partial charge is 0.353 e. The van der Waals surface area contributed by atoms with Gasteiger partial charge in [-0.15, -0.1) is 0 Å². The van der Waals surface area contributed by atoms with Crippen molar-refractivity contribution in [2.45, 2.75) is 44.0 Å². The fraction of sp³-hybridized carbons (Fsp3) is 0.529. The van der Waals surface area contributed by atoms with E-state index in [0.717, 1.165) is 12.0 Å². The van der Waals surface area contributed by atoms with Crippen LogP contribution in [0.3, 0.4) is 0 Å². The monoisotopic (exact) mass is 367 g/mol. The lowest BCUT2D eigenvalue weighted by atomic mass is 10.1. The second-order valence-electron chi connectivity index (χ2n) is 6.50. The zero-order valence-electron chi connectivity index (χ0n) is 14.6. The molecule has 2 amide bonds. The highest BCUT2D eigenvalue weighted by atomic mass is 32.2. The Bertz CT molecular complexity index is 731. The number of sulfonamides is 1. The molecule has 0 radical (unpaired) electrons. The first-order valence-corrected chi connectivity index (χ1v) is 9.95. The van der Waals surface area contributed by atoms with Crippen molar-refractivity contribution < 1.29 is 18.0 Å². The van der Waals surface area contributed by atoms with Crippen LogP contribution in [0.15, 0.2) is 29.2 Å². The van der Waals surface area contributed by atoms with Crippen LogP contribution in [-0.4, -0.2) is 44.3 Å². The topological polar surface area (TPSA) is 110 Å². The third-order valence-electron chi connectivity index (χ3n) is 4.51. The third kappa shape index (κ3) is 5.27. The van der Waals surface area contributed by atoms with Crippen molar-refractivity contribution in [2.24, 2.45) is 11.1 Å². The normalized spacial score (nSPS) is 19.1. The summed E-state index contributed by atoms with van der Waals surface area (Å²) in [5, 5.41) is 7.99. The Balaban J connectivity index is 1.89. The first kappa shape index (κ1) is 19.4. The van der Waals surface area contributed by atoms with Gasteiger partial charge in [0.2, 0.25) is 21.8 Å². The number of carbonyl (C=O) groups excluding carboxylic acids is 2. The molecular formula is C17H25N3O4S. The van der Waals surface area contributed by atoms with Gasteiger partial charge in [-0.1, -0.05) is 19.1 Å². The van der Waals surface area contributed by atoms with Gasteiger partial charge in [0.05, 0.1) is 10.8 Å². The fourth-order valence-electron chi connectivity index (χ4n) is 2.74. The van der Waals surface area contributed by atoms with E-state index in [1.807, 2.05) is 13.8 Å². The highest BCUT2D eigenvalue weighted by Gasteiger charge is 2.34. The summed E-state index contributed by atoms with van der Waals surface area (Å²) >= 11 is 0. The van der Waals surface area contributed by atoms with Gasteiger partial charge in [0.1, 0.15) is 0 Å². The average molecular weight is 367 g/mol. The SMILES string of the molecule is CCC(C)NC(=O)C1CC(=O)N(CCc2ccc(S(N)(=O)=O)cc2)C1. The first-order valence-electron chi connectivity index (χ1n) is 8.40. The van der Waals surface area contributed by atoms with Gasteiger partial charge in [-0.2, -0.15) is 0 Å². The van der Waals surface area contributed by atoms with Gasteiger partial charge in [-0.3, -0.25) is 9.59 Å². The lowest BCUT2D eigenvalue weighted by Crippen LogP contribution is -2.38. The molecule has 0 spiro atoms. The molecule has 0 bridgehead atoms. The summed E-state index contributed by atoms with van der Waals surface area (Å²) in [5.74, 6) is -0.389. The van der Waals surface area contributed by atoms with E-state index in [2.05, 4.69) is 5.32 Å². The molecule has 2 rings (SSSR count). The second kappa shape index (κ2) is 7.97. The van der Waals surface area contributed by atoms with Crippen LogP contribution in [0, 0.1) is 5.92 Å². The zero-order chi connectivity index (χ0) is 18.6. The standard InChI is InChI=1S/C17H25N3O4S/c1-3-12(2)19-17(22)14-10-16(21)20(11-14)9-8-13-4-6-15(7-5-13)25(18,23)24/h4-7,12,14H,3,8-11H2,1-2H3,(H,19,22)(H2,18,23,24). The Hall–Kier alpha value is -1.93. The van der Waals surface area contributed by atoms with Crippen LogP contribution in [0.25, 0.3) is 0 Å². The van der Waals surface area contributed by atoms with E-state index in [1.54, 1.807) is 17.0 Å². The number of carbonyl (C=O) groups is 2. The van der Waals surface area contributed by atoms with Gasteiger partial charge in [-0.05, 0) is 37.5 Å². The molecule has 2 unspecified atom stereocenters. The second-order valence-corrected chi connectivity index (χ2v) is 8.06. The van der Waals surface area contributed by atoms with Crippen molar-refractivity contribution >= 4 is 21.8 Å². The minimum atomic E-state index is -3.70. The summed E-state index contributed by atoms with van der Waals surface area (Å²) in [6.45, 7) is 4.87. The van der Waals surface area contributed by atoms with Crippen LogP contribution in [0.4, 0.5) is 0 Å². The molecule has 0 aromatic heterocycles. The molecule has 138 valence electrons. The maximum Gasteiger partial charge on any atom is 0.238 e. The van der Waals surface area contributed by atoms with E-state index in [1.165, 1.54) is 12.1 Å². The van der Waals surface area contributed by atoms with Crippen LogP contribution in [0.1, 0.15) is 32.3 Å². The number of nitrogens with two attached hydrogens (primary N) is 1. The van der Waals surface area contributed by atoms with Crippen molar-refractivity contribution in [1.29, 1.82) is 0 Å². The van der Waals surface area contributed by atoms with E-state index in [4.69, 9.17) is 5.14 Å². The molecule has 2 atom stereocenters. The van der Waals surface area contributed by atoms with Crippen LogP contribution in [-0.2, 0) is 26.0 Å². The summed E-state index contributed by atoms with van der Waals surface area (Å²) < 4.78 is 22.5. The van der Waals surface area contributed by atoms with E-state index in [9.17, 15) is 18.0 Å². The van der Waals surface area contributed by atoms with Crippen LogP contribution >= 0.6 is 0 Å². The molecule has 1 fully saturated rings. The first-order chi connectivity index (χ1) is 11.7. The number of benzene rings is 1. The molecule has 8 heteroatoms. The highest BCUT2D eigenvalue weighted by Crippen LogP contribution is 2.19. The molecule has 7 nitrogen and oxygen atoms in total. The summed E-state index contributed by atoms with van der Waals surface area (Å²) in [6, 6.07) is 6.40. The number of hydrogen-bond donors (Lipinski definition) is 2. The maximum absolute atomic E-state index is 12.2. The van der Waals surface area contributed by atoms with Crippen molar-refractivity contribution in [3.8, 4) is 0 Å². The Morgan fingerprint density at radius 2 is 2.00 bits per heavy atom.